The molecular formula is C9H8N2O4. The maximum Gasteiger partial charge on any atom is 0.358 e. The second kappa shape index (κ2) is 3.34. The fourth-order valence-electron chi connectivity index (χ4n) is 1.36. The fourth-order valence-corrected chi connectivity index (χ4v) is 1.36. The largest absolute Gasteiger partial charge is 0.365 e. The molecule has 2 N–H and O–H groups in total. The molecule has 0 bridgehead atoms. The molecule has 1 fully saturated rings. The molecule has 6 heteroatoms. The Morgan fingerprint density at radius 3 is 2.20 bits per heavy atom. The highest BCUT2D eigenvalue weighted by atomic mass is 16.5. The Hall–Kier alpha value is -1.92. The molecule has 2 rings (SSSR count). The lowest BCUT2D eigenvalue weighted by atomic mass is 10.3. The molecule has 1 unspecified atom stereocenters. The predicted octanol–water partition coefficient (Wildman–Crippen LogP) is 0.163. The van der Waals surface area contributed by atoms with Crippen LogP contribution in [0.3, 0.4) is 0 Å². The van der Waals surface area contributed by atoms with Gasteiger partial charge in [-0.2, -0.15) is 0 Å². The molecule has 1 aromatic rings. The minimum atomic E-state index is -1.66. The first kappa shape index (κ1) is 9.63. The van der Waals surface area contributed by atoms with Crippen molar-refractivity contribution in [3.8, 4) is 0 Å². The summed E-state index contributed by atoms with van der Waals surface area (Å²) in [6.07, 6.45) is -1.66. The second-order valence-electron chi connectivity index (χ2n) is 3.01. The Balaban J connectivity index is 2.39. The third-order valence-electron chi connectivity index (χ3n) is 2.10. The van der Waals surface area contributed by atoms with Crippen LogP contribution in [0.25, 0.3) is 0 Å². The minimum Gasteiger partial charge on any atom is -0.365 e. The van der Waals surface area contributed by atoms with Crippen LogP contribution >= 0.6 is 0 Å². The van der Waals surface area contributed by atoms with Crippen LogP contribution in [-0.4, -0.2) is 33.5 Å². The SMILES string of the molecule is O=C1C(O)N(c2ccccc2)C(=O)N1O. The number of nitrogens with zero attached hydrogens (tertiary/aromatic N) is 2. The molecule has 1 aliphatic heterocycles. The van der Waals surface area contributed by atoms with E-state index in [1.54, 1.807) is 30.3 Å². The molecule has 1 atom stereocenters. The number of anilines is 1. The number of benzene rings is 1. The quantitative estimate of drug-likeness (QED) is 0.509. The summed E-state index contributed by atoms with van der Waals surface area (Å²) in [4.78, 5) is 23.2. The van der Waals surface area contributed by atoms with Crippen molar-refractivity contribution in [3.05, 3.63) is 30.3 Å². The van der Waals surface area contributed by atoms with Gasteiger partial charge in [0.2, 0.25) is 6.23 Å². The fraction of sp³-hybridized carbons (Fsp3) is 0.111. The molecule has 15 heavy (non-hydrogen) atoms. The van der Waals surface area contributed by atoms with Crippen LogP contribution in [0.15, 0.2) is 30.3 Å². The number of para-hydroxylation sites is 1. The Kier molecular flexibility index (Phi) is 2.14. The number of aliphatic hydroxyl groups excluding tert-OH is 1. The number of hydrogen-bond donors (Lipinski definition) is 2. The van der Waals surface area contributed by atoms with Gasteiger partial charge in [-0.1, -0.05) is 18.2 Å². The van der Waals surface area contributed by atoms with E-state index >= 15 is 0 Å². The van der Waals surface area contributed by atoms with Crippen molar-refractivity contribution >= 4 is 17.6 Å². The third kappa shape index (κ3) is 1.36. The van der Waals surface area contributed by atoms with Gasteiger partial charge in [0.15, 0.2) is 0 Å². The van der Waals surface area contributed by atoms with Crippen molar-refractivity contribution in [2.24, 2.45) is 0 Å². The average Bonchev–Trinajstić information content (AvgIpc) is 2.45. The lowest BCUT2D eigenvalue weighted by molar-refractivity contribution is -0.154. The zero-order valence-electron chi connectivity index (χ0n) is 7.57. The van der Waals surface area contributed by atoms with Crippen molar-refractivity contribution in [2.45, 2.75) is 6.23 Å². The molecule has 78 valence electrons. The van der Waals surface area contributed by atoms with E-state index < -0.39 is 18.2 Å². The van der Waals surface area contributed by atoms with Gasteiger partial charge in [-0.25, -0.2) is 4.79 Å². The number of hydroxylamine groups is 2. The summed E-state index contributed by atoms with van der Waals surface area (Å²) in [6, 6.07) is 7.18. The minimum absolute atomic E-state index is 0.0995. The summed E-state index contributed by atoms with van der Waals surface area (Å²) in [5, 5.41) is 18.3. The average molecular weight is 208 g/mol. The third-order valence-corrected chi connectivity index (χ3v) is 2.10. The summed E-state index contributed by atoms with van der Waals surface area (Å²) < 4.78 is 0. The number of rotatable bonds is 1. The van der Waals surface area contributed by atoms with Crippen molar-refractivity contribution in [3.63, 3.8) is 0 Å². The molecule has 1 heterocycles. The summed E-state index contributed by atoms with van der Waals surface area (Å²) in [5.74, 6) is -1.05. The van der Waals surface area contributed by atoms with Gasteiger partial charge in [-0.05, 0) is 12.1 Å². The van der Waals surface area contributed by atoms with Crippen LogP contribution in [0.2, 0.25) is 0 Å². The molecule has 1 aromatic carbocycles. The second-order valence-corrected chi connectivity index (χ2v) is 3.01. The summed E-state index contributed by atoms with van der Waals surface area (Å²) in [7, 11) is 0. The topological polar surface area (TPSA) is 81.1 Å². The molecule has 3 amide bonds. The van der Waals surface area contributed by atoms with Gasteiger partial charge in [0.25, 0.3) is 0 Å². The van der Waals surface area contributed by atoms with E-state index in [-0.39, 0.29) is 5.06 Å². The summed E-state index contributed by atoms with van der Waals surface area (Å²) >= 11 is 0. The van der Waals surface area contributed by atoms with Crippen LogP contribution < -0.4 is 4.90 Å². The summed E-state index contributed by atoms with van der Waals surface area (Å²) in [5.41, 5.74) is 0.347. The Morgan fingerprint density at radius 1 is 1.13 bits per heavy atom. The number of hydrogen-bond acceptors (Lipinski definition) is 4. The molecule has 0 aromatic heterocycles. The maximum atomic E-state index is 11.3. The van der Waals surface area contributed by atoms with E-state index in [2.05, 4.69) is 0 Å². The highest BCUT2D eigenvalue weighted by molar-refractivity contribution is 6.12. The van der Waals surface area contributed by atoms with Crippen LogP contribution in [0.1, 0.15) is 0 Å². The van der Waals surface area contributed by atoms with E-state index in [9.17, 15) is 14.7 Å². The zero-order chi connectivity index (χ0) is 11.0. The van der Waals surface area contributed by atoms with Crippen molar-refractivity contribution in [1.82, 2.24) is 5.06 Å². The zero-order valence-corrected chi connectivity index (χ0v) is 7.57. The number of amides is 3. The first-order chi connectivity index (χ1) is 7.13. The summed E-state index contributed by atoms with van der Waals surface area (Å²) in [6.45, 7) is 0. The molecule has 1 saturated heterocycles. The van der Waals surface area contributed by atoms with Crippen LogP contribution in [0.4, 0.5) is 10.5 Å². The first-order valence-electron chi connectivity index (χ1n) is 4.22. The van der Waals surface area contributed by atoms with Gasteiger partial charge in [0.1, 0.15) is 0 Å². The van der Waals surface area contributed by atoms with Crippen LogP contribution in [-0.2, 0) is 4.79 Å². The molecule has 0 aliphatic carbocycles. The Bertz CT molecular complexity index is 406. The Morgan fingerprint density at radius 2 is 1.73 bits per heavy atom. The normalized spacial score (nSPS) is 21.3. The molecule has 0 radical (unpaired) electrons. The number of imide groups is 1. The number of carbonyl (C=O) groups is 2. The first-order valence-corrected chi connectivity index (χ1v) is 4.22. The van der Waals surface area contributed by atoms with Crippen LogP contribution in [0.5, 0.6) is 0 Å². The molecule has 1 aliphatic rings. The number of aliphatic hydroxyl groups is 1. The lowest BCUT2D eigenvalue weighted by Crippen LogP contribution is -2.34. The molecular weight excluding hydrogens is 200 g/mol. The van der Waals surface area contributed by atoms with Crippen molar-refractivity contribution < 1.29 is 19.9 Å². The van der Waals surface area contributed by atoms with E-state index in [0.29, 0.717) is 5.69 Å². The van der Waals surface area contributed by atoms with E-state index in [1.165, 1.54) is 0 Å². The van der Waals surface area contributed by atoms with Gasteiger partial charge in [0, 0.05) is 5.69 Å². The highest BCUT2D eigenvalue weighted by Crippen LogP contribution is 2.22. The highest BCUT2D eigenvalue weighted by Gasteiger charge is 2.44. The number of carbonyl (C=O) groups excluding carboxylic acids is 2. The van der Waals surface area contributed by atoms with Gasteiger partial charge < -0.3 is 5.11 Å². The molecule has 0 spiro atoms. The van der Waals surface area contributed by atoms with Gasteiger partial charge in [-0.15, -0.1) is 5.06 Å². The van der Waals surface area contributed by atoms with E-state index in [4.69, 9.17) is 5.21 Å². The van der Waals surface area contributed by atoms with Crippen LogP contribution in [0, 0.1) is 0 Å². The molecule has 0 saturated carbocycles. The maximum absolute atomic E-state index is 11.3. The standard InChI is InChI=1S/C9H8N2O4/c12-7-8(13)11(15)9(14)10(7)6-4-2-1-3-5-6/h1-5,7,12,15H. The Labute approximate surface area is 84.9 Å². The lowest BCUT2D eigenvalue weighted by Gasteiger charge is -2.16. The molecule has 6 nitrogen and oxygen atoms in total. The van der Waals surface area contributed by atoms with Crippen molar-refractivity contribution in [2.75, 3.05) is 4.90 Å². The number of urea groups is 1. The van der Waals surface area contributed by atoms with Gasteiger partial charge in [-0.3, -0.25) is 14.9 Å². The monoisotopic (exact) mass is 208 g/mol. The van der Waals surface area contributed by atoms with E-state index in [0.717, 1.165) is 4.90 Å². The van der Waals surface area contributed by atoms with Gasteiger partial charge >= 0.3 is 11.9 Å². The van der Waals surface area contributed by atoms with Crippen molar-refractivity contribution in [1.29, 1.82) is 0 Å². The smallest absolute Gasteiger partial charge is 0.358 e. The predicted molar refractivity (Wildman–Crippen MR) is 49.0 cm³/mol. The van der Waals surface area contributed by atoms with E-state index in [1.807, 2.05) is 0 Å². The van der Waals surface area contributed by atoms with Gasteiger partial charge in [0.05, 0.1) is 0 Å².